The fourth-order valence-electron chi connectivity index (χ4n) is 4.25. The molecule has 1 amide bonds. The lowest BCUT2D eigenvalue weighted by Gasteiger charge is -2.29. The van der Waals surface area contributed by atoms with Crippen molar-refractivity contribution >= 4 is 5.91 Å². The van der Waals surface area contributed by atoms with Gasteiger partial charge in [0.2, 0.25) is 5.91 Å². The van der Waals surface area contributed by atoms with Crippen LogP contribution in [-0.2, 0) is 11.3 Å². The van der Waals surface area contributed by atoms with Crippen molar-refractivity contribution in [2.45, 2.75) is 32.4 Å². The molecule has 31 heavy (non-hydrogen) atoms. The highest BCUT2D eigenvalue weighted by Gasteiger charge is 2.28. The Kier molecular flexibility index (Phi) is 7.00. The zero-order valence-corrected chi connectivity index (χ0v) is 18.1. The van der Waals surface area contributed by atoms with Gasteiger partial charge in [0.1, 0.15) is 18.0 Å². The van der Waals surface area contributed by atoms with Crippen LogP contribution in [-0.4, -0.2) is 19.0 Å². The number of hydrogen-bond donors (Lipinski definition) is 2. The Morgan fingerprint density at radius 1 is 0.935 bits per heavy atom. The van der Waals surface area contributed by atoms with Gasteiger partial charge in [0.25, 0.3) is 0 Å². The minimum absolute atomic E-state index is 0.0476. The van der Waals surface area contributed by atoms with Crippen molar-refractivity contribution in [2.24, 2.45) is 5.92 Å². The standard InChI is InChI=1S/C27H30N2O2/c1-21(23-10-4-2-5-11-23)28-27(30)24-15-17-29(18-16-24)20-22-9-8-14-26(19-22)31-25-12-6-3-7-13-25/h2-14,19,21,24H,15-18,20H2,1H3,(H,28,30)/p+1/t21-/m1/s1. The van der Waals surface area contributed by atoms with Crippen LogP contribution in [0, 0.1) is 5.92 Å². The summed E-state index contributed by atoms with van der Waals surface area (Å²) < 4.78 is 5.97. The summed E-state index contributed by atoms with van der Waals surface area (Å²) in [5, 5.41) is 3.20. The summed E-state index contributed by atoms with van der Waals surface area (Å²) in [5.74, 6) is 2.02. The lowest BCUT2D eigenvalue weighted by Crippen LogP contribution is -3.11. The molecular weight excluding hydrogens is 384 g/mol. The molecular formula is C27H31N2O2+. The highest BCUT2D eigenvalue weighted by Crippen LogP contribution is 2.22. The molecule has 160 valence electrons. The summed E-state index contributed by atoms with van der Waals surface area (Å²) >= 11 is 0. The molecule has 1 aliphatic rings. The molecule has 0 radical (unpaired) electrons. The molecule has 1 fully saturated rings. The van der Waals surface area contributed by atoms with E-state index in [1.807, 2.05) is 54.6 Å². The van der Waals surface area contributed by atoms with Crippen molar-refractivity contribution in [1.29, 1.82) is 0 Å². The number of nitrogens with one attached hydrogen (secondary N) is 2. The molecule has 3 aromatic rings. The molecule has 0 bridgehead atoms. The van der Waals surface area contributed by atoms with Gasteiger partial charge in [-0.25, -0.2) is 0 Å². The van der Waals surface area contributed by atoms with Crippen molar-refractivity contribution in [3.63, 3.8) is 0 Å². The highest BCUT2D eigenvalue weighted by atomic mass is 16.5. The minimum Gasteiger partial charge on any atom is -0.457 e. The van der Waals surface area contributed by atoms with Gasteiger partial charge in [0, 0.05) is 24.3 Å². The lowest BCUT2D eigenvalue weighted by atomic mass is 9.95. The first-order valence-electron chi connectivity index (χ1n) is 11.2. The summed E-state index contributed by atoms with van der Waals surface area (Å²) in [6.45, 7) is 5.04. The number of piperidine rings is 1. The van der Waals surface area contributed by atoms with Gasteiger partial charge in [-0.1, -0.05) is 60.7 Å². The van der Waals surface area contributed by atoms with E-state index in [0.717, 1.165) is 49.5 Å². The molecule has 0 saturated carbocycles. The van der Waals surface area contributed by atoms with Crippen molar-refractivity contribution in [2.75, 3.05) is 13.1 Å². The Morgan fingerprint density at radius 2 is 1.58 bits per heavy atom. The smallest absolute Gasteiger partial charge is 0.224 e. The number of ether oxygens (including phenoxy) is 1. The van der Waals surface area contributed by atoms with Crippen molar-refractivity contribution in [1.82, 2.24) is 5.32 Å². The molecule has 0 aromatic heterocycles. The maximum atomic E-state index is 12.7. The zero-order chi connectivity index (χ0) is 21.5. The molecule has 4 heteroatoms. The van der Waals surface area contributed by atoms with Crippen LogP contribution >= 0.6 is 0 Å². The Labute approximate surface area is 184 Å². The molecule has 3 aromatic carbocycles. The zero-order valence-electron chi connectivity index (χ0n) is 18.1. The second kappa shape index (κ2) is 10.3. The van der Waals surface area contributed by atoms with E-state index in [0.29, 0.717) is 0 Å². The van der Waals surface area contributed by atoms with Crippen LogP contribution in [0.5, 0.6) is 11.5 Å². The van der Waals surface area contributed by atoms with Crippen LogP contribution in [0.2, 0.25) is 0 Å². The number of hydrogen-bond acceptors (Lipinski definition) is 2. The van der Waals surface area contributed by atoms with Crippen LogP contribution in [0.25, 0.3) is 0 Å². The quantitative estimate of drug-likeness (QED) is 0.609. The summed E-state index contributed by atoms with van der Waals surface area (Å²) in [6.07, 6.45) is 1.87. The second-order valence-corrected chi connectivity index (χ2v) is 8.40. The van der Waals surface area contributed by atoms with E-state index >= 15 is 0 Å². The van der Waals surface area contributed by atoms with Crippen LogP contribution in [0.1, 0.15) is 36.9 Å². The third kappa shape index (κ3) is 5.96. The number of amides is 1. The van der Waals surface area contributed by atoms with E-state index in [2.05, 4.69) is 42.6 Å². The van der Waals surface area contributed by atoms with Gasteiger partial charge in [-0.05, 0) is 36.8 Å². The third-order valence-electron chi connectivity index (χ3n) is 6.05. The maximum Gasteiger partial charge on any atom is 0.224 e. The summed E-state index contributed by atoms with van der Waals surface area (Å²) in [7, 11) is 0. The monoisotopic (exact) mass is 415 g/mol. The molecule has 0 aliphatic carbocycles. The molecule has 1 aliphatic heterocycles. The molecule has 4 nitrogen and oxygen atoms in total. The van der Waals surface area contributed by atoms with E-state index < -0.39 is 0 Å². The molecule has 2 N–H and O–H groups in total. The number of benzene rings is 3. The average Bonchev–Trinajstić information content (AvgIpc) is 2.81. The predicted octanol–water partition coefficient (Wildman–Crippen LogP) is 4.15. The molecule has 0 unspecified atom stereocenters. The molecule has 1 saturated heterocycles. The number of quaternary nitrogens is 1. The first-order chi connectivity index (χ1) is 15.2. The second-order valence-electron chi connectivity index (χ2n) is 8.40. The number of rotatable bonds is 7. The molecule has 4 rings (SSSR count). The van der Waals surface area contributed by atoms with Gasteiger partial charge in [-0.15, -0.1) is 0 Å². The summed E-state index contributed by atoms with van der Waals surface area (Å²) in [4.78, 5) is 14.3. The van der Waals surface area contributed by atoms with E-state index in [4.69, 9.17) is 4.74 Å². The van der Waals surface area contributed by atoms with Gasteiger partial charge in [-0.3, -0.25) is 4.79 Å². The van der Waals surface area contributed by atoms with Gasteiger partial charge in [-0.2, -0.15) is 0 Å². The SMILES string of the molecule is C[C@@H](NC(=O)C1CC[NH+](Cc2cccc(Oc3ccccc3)c2)CC1)c1ccccc1. The minimum atomic E-state index is 0.0476. The van der Waals surface area contributed by atoms with Gasteiger partial charge >= 0.3 is 0 Å². The number of carbonyl (C=O) groups is 1. The van der Waals surface area contributed by atoms with Crippen LogP contribution in [0.3, 0.4) is 0 Å². The maximum absolute atomic E-state index is 12.7. The Hall–Kier alpha value is -3.11. The Balaban J connectivity index is 1.26. The topological polar surface area (TPSA) is 42.8 Å². The number of likely N-dealkylation sites (tertiary alicyclic amines) is 1. The largest absolute Gasteiger partial charge is 0.457 e. The van der Waals surface area contributed by atoms with Crippen LogP contribution < -0.4 is 15.0 Å². The predicted molar refractivity (Wildman–Crippen MR) is 123 cm³/mol. The van der Waals surface area contributed by atoms with Crippen LogP contribution in [0.4, 0.5) is 0 Å². The van der Waals surface area contributed by atoms with Crippen molar-refractivity contribution in [3.05, 3.63) is 96.1 Å². The van der Waals surface area contributed by atoms with Crippen LogP contribution in [0.15, 0.2) is 84.9 Å². The number of para-hydroxylation sites is 1. The fourth-order valence-corrected chi connectivity index (χ4v) is 4.25. The van der Waals surface area contributed by atoms with E-state index in [1.165, 1.54) is 10.5 Å². The molecule has 1 atom stereocenters. The third-order valence-corrected chi connectivity index (χ3v) is 6.05. The number of carbonyl (C=O) groups excluding carboxylic acids is 1. The van der Waals surface area contributed by atoms with Gasteiger partial charge < -0.3 is 15.0 Å². The van der Waals surface area contributed by atoms with E-state index in [-0.39, 0.29) is 17.9 Å². The highest BCUT2D eigenvalue weighted by molar-refractivity contribution is 5.79. The van der Waals surface area contributed by atoms with E-state index in [1.54, 1.807) is 0 Å². The molecule has 1 heterocycles. The fraction of sp³-hybridized carbons (Fsp3) is 0.296. The van der Waals surface area contributed by atoms with E-state index in [9.17, 15) is 4.79 Å². The van der Waals surface area contributed by atoms with Gasteiger partial charge in [0.05, 0.1) is 19.1 Å². The Morgan fingerprint density at radius 3 is 2.29 bits per heavy atom. The summed E-state index contributed by atoms with van der Waals surface area (Å²) in [6, 6.07) is 28.4. The normalized spacial score (nSPS) is 19.4. The van der Waals surface area contributed by atoms with Crippen molar-refractivity contribution in [3.8, 4) is 11.5 Å². The van der Waals surface area contributed by atoms with Crippen molar-refractivity contribution < 1.29 is 14.4 Å². The van der Waals surface area contributed by atoms with Gasteiger partial charge in [0.15, 0.2) is 0 Å². The molecule has 0 spiro atoms. The first kappa shape index (κ1) is 21.1. The average molecular weight is 416 g/mol. The lowest BCUT2D eigenvalue weighted by molar-refractivity contribution is -0.919. The summed E-state index contributed by atoms with van der Waals surface area (Å²) in [5.41, 5.74) is 2.42. The first-order valence-corrected chi connectivity index (χ1v) is 11.2. The Bertz CT molecular complexity index is 967.